The van der Waals surface area contributed by atoms with Crippen molar-refractivity contribution in [2.45, 2.75) is 19.3 Å². The van der Waals surface area contributed by atoms with Crippen molar-refractivity contribution in [3.05, 3.63) is 65.6 Å². The smallest absolute Gasteiger partial charge is 0.226 e. The molecule has 28 heavy (non-hydrogen) atoms. The highest BCUT2D eigenvalue weighted by Gasteiger charge is 2.32. The molecule has 0 saturated carbocycles. The van der Waals surface area contributed by atoms with E-state index in [2.05, 4.69) is 34.1 Å². The molecule has 1 saturated heterocycles. The van der Waals surface area contributed by atoms with E-state index in [-0.39, 0.29) is 17.6 Å². The normalized spacial score (nSPS) is 19.7. The first kappa shape index (κ1) is 17.3. The van der Waals surface area contributed by atoms with Crippen LogP contribution >= 0.6 is 0 Å². The molecular formula is C23H24FN3O. The van der Waals surface area contributed by atoms with Gasteiger partial charge in [-0.25, -0.2) is 4.39 Å². The lowest BCUT2D eigenvalue weighted by molar-refractivity contribution is -0.136. The molecule has 144 valence electrons. The number of rotatable bonds is 2. The second-order valence-corrected chi connectivity index (χ2v) is 7.86. The molecule has 1 aromatic heterocycles. The fourth-order valence-electron chi connectivity index (χ4n) is 4.68. The number of carbonyl (C=O) groups excluding carboxylic acids is 1. The first-order valence-electron chi connectivity index (χ1n) is 10.1. The van der Waals surface area contributed by atoms with Gasteiger partial charge in [-0.3, -0.25) is 4.79 Å². The highest BCUT2D eigenvalue weighted by Crippen LogP contribution is 2.33. The summed E-state index contributed by atoms with van der Waals surface area (Å²) in [5.74, 6) is 0.0296. The fourth-order valence-corrected chi connectivity index (χ4v) is 4.68. The van der Waals surface area contributed by atoms with Crippen molar-refractivity contribution in [3.8, 4) is 0 Å². The highest BCUT2D eigenvalue weighted by atomic mass is 19.1. The molecule has 1 unspecified atom stereocenters. The Balaban J connectivity index is 1.28. The number of anilines is 1. The van der Waals surface area contributed by atoms with Gasteiger partial charge < -0.3 is 14.8 Å². The van der Waals surface area contributed by atoms with Gasteiger partial charge in [0.1, 0.15) is 5.82 Å². The molecule has 0 bridgehead atoms. The Bertz CT molecular complexity index is 1010. The van der Waals surface area contributed by atoms with Gasteiger partial charge >= 0.3 is 0 Å². The second-order valence-electron chi connectivity index (χ2n) is 7.86. The number of nitrogens with zero attached hydrogens (tertiary/aromatic N) is 2. The average molecular weight is 377 g/mol. The van der Waals surface area contributed by atoms with Gasteiger partial charge in [0.05, 0.1) is 0 Å². The Kier molecular flexibility index (Phi) is 4.30. The molecule has 5 heteroatoms. The molecule has 2 aliphatic rings. The molecule has 3 aromatic rings. The van der Waals surface area contributed by atoms with Gasteiger partial charge in [0.2, 0.25) is 5.91 Å². The maximum absolute atomic E-state index is 13.7. The Labute approximate surface area is 163 Å². The van der Waals surface area contributed by atoms with E-state index >= 15 is 0 Å². The van der Waals surface area contributed by atoms with Crippen molar-refractivity contribution in [2.24, 2.45) is 5.92 Å². The van der Waals surface area contributed by atoms with Crippen molar-refractivity contribution in [3.63, 3.8) is 0 Å². The van der Waals surface area contributed by atoms with Gasteiger partial charge in [-0.05, 0) is 55.2 Å². The maximum atomic E-state index is 13.7. The second kappa shape index (κ2) is 6.97. The molecule has 4 nitrogen and oxygen atoms in total. The molecule has 0 spiro atoms. The first-order chi connectivity index (χ1) is 13.7. The van der Waals surface area contributed by atoms with E-state index in [0.717, 1.165) is 55.5 Å². The predicted octanol–water partition coefficient (Wildman–Crippen LogP) is 3.76. The Morgan fingerprint density at radius 3 is 2.61 bits per heavy atom. The van der Waals surface area contributed by atoms with Crippen LogP contribution in [0.25, 0.3) is 10.9 Å². The minimum absolute atomic E-state index is 0.00181. The molecule has 2 aromatic carbocycles. The van der Waals surface area contributed by atoms with Gasteiger partial charge in [0, 0.05) is 54.4 Å². The summed E-state index contributed by atoms with van der Waals surface area (Å²) in [6.45, 7) is 3.26. The van der Waals surface area contributed by atoms with Crippen LogP contribution in [0, 0.1) is 11.7 Å². The van der Waals surface area contributed by atoms with Crippen molar-refractivity contribution < 1.29 is 9.18 Å². The number of nitrogens with one attached hydrogen (secondary N) is 1. The summed E-state index contributed by atoms with van der Waals surface area (Å²) in [5.41, 5.74) is 4.48. The number of hydrogen-bond acceptors (Lipinski definition) is 2. The number of amides is 1. The highest BCUT2D eigenvalue weighted by molar-refractivity contribution is 5.87. The number of aryl methyl sites for hydroxylation is 1. The molecule has 1 aliphatic carbocycles. The van der Waals surface area contributed by atoms with E-state index in [4.69, 9.17) is 0 Å². The van der Waals surface area contributed by atoms with Crippen LogP contribution in [0.1, 0.15) is 17.7 Å². The number of H-pyrrole nitrogens is 1. The monoisotopic (exact) mass is 377 g/mol. The van der Waals surface area contributed by atoms with Crippen LogP contribution in [0.3, 0.4) is 0 Å². The van der Waals surface area contributed by atoms with Crippen molar-refractivity contribution >= 4 is 22.5 Å². The number of aromatic amines is 1. The molecule has 0 radical (unpaired) electrons. The van der Waals surface area contributed by atoms with Crippen LogP contribution < -0.4 is 4.90 Å². The minimum Gasteiger partial charge on any atom is -0.368 e. The van der Waals surface area contributed by atoms with Gasteiger partial charge in [-0.1, -0.05) is 18.2 Å². The number of halogens is 1. The van der Waals surface area contributed by atoms with Gasteiger partial charge in [-0.2, -0.15) is 0 Å². The zero-order chi connectivity index (χ0) is 19.1. The van der Waals surface area contributed by atoms with Gasteiger partial charge in [0.15, 0.2) is 0 Å². The summed E-state index contributed by atoms with van der Waals surface area (Å²) in [5, 5.41) is 0.932. The van der Waals surface area contributed by atoms with Crippen LogP contribution in [0.4, 0.5) is 10.1 Å². The standard InChI is InChI=1S/C23H24FN3O/c24-17-7-9-22-20(15-17)19-14-16(6-8-21(19)25-22)23(28)27-12-10-26(11-13-27)18-4-2-1-3-5-18/h1-5,7,9,15-16,25H,6,8,10-14H2. The Morgan fingerprint density at radius 1 is 1.04 bits per heavy atom. The van der Waals surface area contributed by atoms with Crippen molar-refractivity contribution in [1.29, 1.82) is 0 Å². The first-order valence-corrected chi connectivity index (χ1v) is 10.1. The SMILES string of the molecule is O=C(C1CCc2[nH]c3ccc(F)cc3c2C1)N1CCN(c2ccccc2)CC1. The third kappa shape index (κ3) is 3.05. The third-order valence-electron chi connectivity index (χ3n) is 6.21. The Hall–Kier alpha value is -2.82. The summed E-state index contributed by atoms with van der Waals surface area (Å²) >= 11 is 0. The van der Waals surface area contributed by atoms with Crippen LogP contribution in [-0.2, 0) is 17.6 Å². The quantitative estimate of drug-likeness (QED) is 0.739. The van der Waals surface area contributed by atoms with Gasteiger partial charge in [0.25, 0.3) is 0 Å². The Morgan fingerprint density at radius 2 is 1.82 bits per heavy atom. The van der Waals surface area contributed by atoms with E-state index in [1.165, 1.54) is 17.4 Å². The molecule has 2 heterocycles. The number of aromatic nitrogens is 1. The van der Waals surface area contributed by atoms with Crippen LogP contribution in [-0.4, -0.2) is 42.0 Å². The lowest BCUT2D eigenvalue weighted by Crippen LogP contribution is -2.51. The lowest BCUT2D eigenvalue weighted by atomic mass is 9.85. The summed E-state index contributed by atoms with van der Waals surface area (Å²) < 4.78 is 13.7. The fraction of sp³-hybridized carbons (Fsp3) is 0.348. The molecule has 1 N–H and O–H groups in total. The van der Waals surface area contributed by atoms with Crippen molar-refractivity contribution in [1.82, 2.24) is 9.88 Å². The lowest BCUT2D eigenvalue weighted by Gasteiger charge is -2.38. The molecule has 1 aliphatic heterocycles. The molecule has 1 amide bonds. The zero-order valence-corrected chi connectivity index (χ0v) is 15.8. The van der Waals surface area contributed by atoms with Crippen molar-refractivity contribution in [2.75, 3.05) is 31.1 Å². The topological polar surface area (TPSA) is 39.3 Å². The number of piperazine rings is 1. The maximum Gasteiger partial charge on any atom is 0.226 e. The summed E-state index contributed by atoms with van der Waals surface area (Å²) in [6.07, 6.45) is 2.42. The summed E-state index contributed by atoms with van der Waals surface area (Å²) in [7, 11) is 0. The third-order valence-corrected chi connectivity index (χ3v) is 6.21. The average Bonchev–Trinajstić information content (AvgIpc) is 3.11. The number of benzene rings is 2. The van der Waals surface area contributed by atoms with E-state index < -0.39 is 0 Å². The molecular weight excluding hydrogens is 353 g/mol. The van der Waals surface area contributed by atoms with E-state index in [0.29, 0.717) is 6.42 Å². The molecule has 5 rings (SSSR count). The van der Waals surface area contributed by atoms with E-state index in [1.807, 2.05) is 11.0 Å². The van der Waals surface area contributed by atoms with Crippen LogP contribution in [0.15, 0.2) is 48.5 Å². The number of carbonyl (C=O) groups is 1. The minimum atomic E-state index is -0.222. The zero-order valence-electron chi connectivity index (χ0n) is 15.8. The number of para-hydroxylation sites is 1. The summed E-state index contributed by atoms with van der Waals surface area (Å²) in [4.78, 5) is 20.9. The largest absolute Gasteiger partial charge is 0.368 e. The van der Waals surface area contributed by atoms with Crippen LogP contribution in [0.5, 0.6) is 0 Å². The number of fused-ring (bicyclic) bond motifs is 3. The number of hydrogen-bond donors (Lipinski definition) is 1. The molecule has 1 atom stereocenters. The summed E-state index contributed by atoms with van der Waals surface area (Å²) in [6, 6.07) is 15.2. The molecule has 1 fully saturated rings. The van der Waals surface area contributed by atoms with Gasteiger partial charge in [-0.15, -0.1) is 0 Å². The predicted molar refractivity (Wildman–Crippen MR) is 109 cm³/mol. The van der Waals surface area contributed by atoms with E-state index in [1.54, 1.807) is 12.1 Å². The van der Waals surface area contributed by atoms with E-state index in [9.17, 15) is 9.18 Å². The van der Waals surface area contributed by atoms with Crippen LogP contribution in [0.2, 0.25) is 0 Å².